The first-order valence-electron chi connectivity index (χ1n) is 9.12. The topological polar surface area (TPSA) is 90.7 Å². The Hall–Kier alpha value is -2.55. The molecule has 26 heavy (non-hydrogen) atoms. The van der Waals surface area contributed by atoms with Crippen LogP contribution in [-0.2, 0) is 26.6 Å². The molecule has 9 nitrogen and oxygen atoms in total. The fourth-order valence-electron chi connectivity index (χ4n) is 3.45. The summed E-state index contributed by atoms with van der Waals surface area (Å²) in [5.41, 5.74) is 0. The normalized spacial score (nSPS) is 16.4. The molecule has 1 aliphatic rings. The van der Waals surface area contributed by atoms with Gasteiger partial charge < -0.3 is 9.09 Å². The van der Waals surface area contributed by atoms with Gasteiger partial charge in [-0.25, -0.2) is 0 Å². The second-order valence-electron chi connectivity index (χ2n) is 6.75. The highest BCUT2D eigenvalue weighted by Crippen LogP contribution is 2.27. The Morgan fingerprint density at radius 3 is 2.73 bits per heavy atom. The molecule has 0 atom stereocenters. The van der Waals surface area contributed by atoms with E-state index in [0.717, 1.165) is 56.4 Å². The van der Waals surface area contributed by atoms with E-state index in [1.54, 1.807) is 6.20 Å². The van der Waals surface area contributed by atoms with E-state index in [1.165, 1.54) is 0 Å². The molecule has 3 aromatic heterocycles. The van der Waals surface area contributed by atoms with Crippen LogP contribution >= 0.6 is 0 Å². The highest BCUT2D eigenvalue weighted by molar-refractivity contribution is 5.04. The molecule has 4 rings (SSSR count). The molecule has 0 aromatic carbocycles. The number of aryl methyl sites for hydroxylation is 1. The largest absolute Gasteiger partial charge is 0.338 e. The molecule has 1 fully saturated rings. The molecule has 9 heteroatoms. The molecule has 0 N–H and O–H groups in total. The van der Waals surface area contributed by atoms with Crippen molar-refractivity contribution < 1.29 is 4.52 Å². The summed E-state index contributed by atoms with van der Waals surface area (Å²) in [7, 11) is 2.05. The van der Waals surface area contributed by atoms with Gasteiger partial charge in [-0.05, 0) is 32.0 Å². The number of nitrogens with zero attached hydrogens (tertiary/aromatic N) is 8. The summed E-state index contributed by atoms with van der Waals surface area (Å²) in [6.07, 6.45) is 6.64. The SMILES string of the molecule is CCc1noc(CN2CCC(c3nnc(Cn4cccn4)n3C)CC2)n1. The van der Waals surface area contributed by atoms with Crippen molar-refractivity contribution in [2.75, 3.05) is 13.1 Å². The highest BCUT2D eigenvalue weighted by Gasteiger charge is 2.26. The van der Waals surface area contributed by atoms with Gasteiger partial charge in [-0.2, -0.15) is 10.1 Å². The molecule has 0 radical (unpaired) electrons. The van der Waals surface area contributed by atoms with Crippen LogP contribution in [0.1, 0.15) is 49.0 Å². The molecule has 0 unspecified atom stereocenters. The number of aromatic nitrogens is 7. The van der Waals surface area contributed by atoms with E-state index in [0.29, 0.717) is 18.4 Å². The molecule has 4 heterocycles. The van der Waals surface area contributed by atoms with Gasteiger partial charge in [0.1, 0.15) is 12.4 Å². The molecular formula is C17H24N8O. The lowest BCUT2D eigenvalue weighted by molar-refractivity contribution is 0.177. The van der Waals surface area contributed by atoms with Crippen LogP contribution in [0.2, 0.25) is 0 Å². The van der Waals surface area contributed by atoms with Gasteiger partial charge in [0.25, 0.3) is 0 Å². The molecule has 138 valence electrons. The number of likely N-dealkylation sites (tertiary alicyclic amines) is 1. The minimum atomic E-state index is 0.434. The molecule has 3 aromatic rings. The standard InChI is InChI=1S/C17H24N8O/c1-3-14-19-16(26-22-14)12-24-9-5-13(6-10-24)17-21-20-15(23(17)2)11-25-8-4-7-18-25/h4,7-8,13H,3,5-6,9-12H2,1-2H3. The van der Waals surface area contributed by atoms with E-state index in [1.807, 2.05) is 30.9 Å². The number of rotatable bonds is 6. The summed E-state index contributed by atoms with van der Waals surface area (Å²) in [5.74, 6) is 3.92. The van der Waals surface area contributed by atoms with Crippen molar-refractivity contribution in [1.29, 1.82) is 0 Å². The van der Waals surface area contributed by atoms with Crippen LogP contribution in [0, 0.1) is 0 Å². The van der Waals surface area contributed by atoms with E-state index in [2.05, 4.69) is 34.9 Å². The van der Waals surface area contributed by atoms with Crippen molar-refractivity contribution in [1.82, 2.24) is 39.6 Å². The first-order valence-corrected chi connectivity index (χ1v) is 9.12. The second-order valence-corrected chi connectivity index (χ2v) is 6.75. The molecular weight excluding hydrogens is 332 g/mol. The van der Waals surface area contributed by atoms with Crippen LogP contribution < -0.4 is 0 Å². The Bertz CT molecular complexity index is 829. The van der Waals surface area contributed by atoms with Crippen molar-refractivity contribution in [3.05, 3.63) is 41.8 Å². The van der Waals surface area contributed by atoms with Crippen molar-refractivity contribution in [2.24, 2.45) is 7.05 Å². The molecule has 0 spiro atoms. The van der Waals surface area contributed by atoms with Gasteiger partial charge in [0, 0.05) is 31.8 Å². The lowest BCUT2D eigenvalue weighted by atomic mass is 9.96. The van der Waals surface area contributed by atoms with Gasteiger partial charge in [-0.1, -0.05) is 12.1 Å². The number of hydrogen-bond acceptors (Lipinski definition) is 7. The zero-order chi connectivity index (χ0) is 17.9. The highest BCUT2D eigenvalue weighted by atomic mass is 16.5. The zero-order valence-corrected chi connectivity index (χ0v) is 15.2. The Balaban J connectivity index is 1.35. The van der Waals surface area contributed by atoms with Crippen LogP contribution in [0.3, 0.4) is 0 Å². The maximum atomic E-state index is 5.30. The van der Waals surface area contributed by atoms with Crippen molar-refractivity contribution >= 4 is 0 Å². The molecule has 0 aliphatic carbocycles. The molecule has 1 saturated heterocycles. The van der Waals surface area contributed by atoms with Crippen LogP contribution in [0.5, 0.6) is 0 Å². The van der Waals surface area contributed by atoms with Crippen LogP contribution in [0.15, 0.2) is 23.0 Å². The monoisotopic (exact) mass is 356 g/mol. The summed E-state index contributed by atoms with van der Waals surface area (Å²) in [4.78, 5) is 6.76. The number of hydrogen-bond donors (Lipinski definition) is 0. The van der Waals surface area contributed by atoms with Crippen LogP contribution in [0.4, 0.5) is 0 Å². The van der Waals surface area contributed by atoms with Crippen molar-refractivity contribution in [3.8, 4) is 0 Å². The first kappa shape index (κ1) is 16.9. The zero-order valence-electron chi connectivity index (χ0n) is 15.2. The first-order chi connectivity index (χ1) is 12.7. The molecule has 0 saturated carbocycles. The predicted molar refractivity (Wildman–Crippen MR) is 93.3 cm³/mol. The summed E-state index contributed by atoms with van der Waals surface area (Å²) < 4.78 is 9.29. The Morgan fingerprint density at radius 1 is 1.19 bits per heavy atom. The maximum absolute atomic E-state index is 5.30. The molecule has 0 amide bonds. The van der Waals surface area contributed by atoms with Crippen molar-refractivity contribution in [2.45, 2.75) is 45.2 Å². The predicted octanol–water partition coefficient (Wildman–Crippen LogP) is 1.38. The lowest BCUT2D eigenvalue weighted by Gasteiger charge is -2.30. The third-order valence-corrected chi connectivity index (χ3v) is 5.00. The number of piperidine rings is 1. The van der Waals surface area contributed by atoms with E-state index in [4.69, 9.17) is 4.52 Å². The van der Waals surface area contributed by atoms with E-state index in [9.17, 15) is 0 Å². The summed E-state index contributed by atoms with van der Waals surface area (Å²) in [5, 5.41) is 17.0. The van der Waals surface area contributed by atoms with Gasteiger partial charge in [-0.3, -0.25) is 9.58 Å². The fourth-order valence-corrected chi connectivity index (χ4v) is 3.45. The summed E-state index contributed by atoms with van der Waals surface area (Å²) >= 11 is 0. The third-order valence-electron chi connectivity index (χ3n) is 5.00. The molecule has 1 aliphatic heterocycles. The van der Waals surface area contributed by atoms with Gasteiger partial charge in [0.05, 0.1) is 6.54 Å². The average molecular weight is 356 g/mol. The quantitative estimate of drug-likeness (QED) is 0.659. The summed E-state index contributed by atoms with van der Waals surface area (Å²) in [6.45, 7) is 5.39. The van der Waals surface area contributed by atoms with Crippen molar-refractivity contribution in [3.63, 3.8) is 0 Å². The minimum absolute atomic E-state index is 0.434. The smallest absolute Gasteiger partial charge is 0.240 e. The van der Waals surface area contributed by atoms with E-state index in [-0.39, 0.29) is 0 Å². The third kappa shape index (κ3) is 3.52. The lowest BCUT2D eigenvalue weighted by Crippen LogP contribution is -2.33. The summed E-state index contributed by atoms with van der Waals surface area (Å²) in [6, 6.07) is 1.92. The Labute approximate surface area is 152 Å². The van der Waals surface area contributed by atoms with Gasteiger partial charge in [0.15, 0.2) is 11.6 Å². The van der Waals surface area contributed by atoms with Gasteiger partial charge >= 0.3 is 0 Å². The van der Waals surface area contributed by atoms with Gasteiger partial charge in [-0.15, -0.1) is 10.2 Å². The molecule has 0 bridgehead atoms. The van der Waals surface area contributed by atoms with E-state index >= 15 is 0 Å². The minimum Gasteiger partial charge on any atom is -0.338 e. The van der Waals surface area contributed by atoms with Crippen LogP contribution in [-0.4, -0.2) is 52.7 Å². The van der Waals surface area contributed by atoms with Crippen LogP contribution in [0.25, 0.3) is 0 Å². The van der Waals surface area contributed by atoms with E-state index < -0.39 is 0 Å². The second kappa shape index (κ2) is 7.36. The van der Waals surface area contributed by atoms with Gasteiger partial charge in [0.2, 0.25) is 5.89 Å². The fraction of sp³-hybridized carbons (Fsp3) is 0.588. The Morgan fingerprint density at radius 2 is 2.04 bits per heavy atom. The average Bonchev–Trinajstić information content (AvgIpc) is 3.39. The maximum Gasteiger partial charge on any atom is 0.240 e. The Kier molecular flexibility index (Phi) is 4.79.